The van der Waals surface area contributed by atoms with Crippen molar-refractivity contribution in [2.45, 2.75) is 51.6 Å². The maximum absolute atomic E-state index is 11.7. The summed E-state index contributed by atoms with van der Waals surface area (Å²) in [5, 5.41) is 7.02. The van der Waals surface area contributed by atoms with Crippen molar-refractivity contribution >= 4 is 16.0 Å². The molecule has 0 bridgehead atoms. The van der Waals surface area contributed by atoms with E-state index in [-0.39, 0.29) is 0 Å². The lowest BCUT2D eigenvalue weighted by Gasteiger charge is -2.37. The van der Waals surface area contributed by atoms with Gasteiger partial charge in [0.2, 0.25) is 10.0 Å². The molecule has 3 rings (SSSR count). The highest BCUT2D eigenvalue weighted by Gasteiger charge is 2.26. The fourth-order valence-electron chi connectivity index (χ4n) is 4.53. The number of hydrogen-bond acceptors (Lipinski definition) is 4. The Labute approximate surface area is 188 Å². The van der Waals surface area contributed by atoms with Crippen molar-refractivity contribution in [1.82, 2.24) is 19.8 Å². The third-order valence-electron chi connectivity index (χ3n) is 6.59. The lowest BCUT2D eigenvalue weighted by molar-refractivity contribution is 0.158. The molecule has 0 saturated carbocycles. The summed E-state index contributed by atoms with van der Waals surface area (Å²) in [4.78, 5) is 7.40. The average molecular weight is 450 g/mol. The first-order valence-electron chi connectivity index (χ1n) is 11.7. The summed E-state index contributed by atoms with van der Waals surface area (Å²) in [7, 11) is -3.07. The Bertz CT molecular complexity index is 799. The van der Waals surface area contributed by atoms with E-state index in [4.69, 9.17) is 4.99 Å². The molecule has 0 spiro atoms. The molecular formula is C23H39N5O2S. The number of nitrogens with one attached hydrogen (secondary N) is 2. The van der Waals surface area contributed by atoms with Crippen molar-refractivity contribution in [2.75, 3.05) is 45.5 Å². The highest BCUT2D eigenvalue weighted by molar-refractivity contribution is 7.88. The Morgan fingerprint density at radius 2 is 1.74 bits per heavy atom. The fourth-order valence-corrected chi connectivity index (χ4v) is 5.40. The molecule has 2 N–H and O–H groups in total. The molecule has 2 heterocycles. The second-order valence-electron chi connectivity index (χ2n) is 8.87. The predicted octanol–water partition coefficient (Wildman–Crippen LogP) is 2.44. The molecule has 2 saturated heterocycles. The topological polar surface area (TPSA) is 77.0 Å². The highest BCUT2D eigenvalue weighted by atomic mass is 32.2. The van der Waals surface area contributed by atoms with Crippen LogP contribution in [0.5, 0.6) is 0 Å². The van der Waals surface area contributed by atoms with E-state index in [1.54, 1.807) is 4.31 Å². The molecule has 0 amide bonds. The highest BCUT2D eigenvalue weighted by Crippen LogP contribution is 2.24. The van der Waals surface area contributed by atoms with E-state index in [1.165, 1.54) is 11.8 Å². The van der Waals surface area contributed by atoms with Gasteiger partial charge in [-0.3, -0.25) is 9.89 Å². The number of rotatable bonds is 7. The van der Waals surface area contributed by atoms with Crippen LogP contribution in [0.25, 0.3) is 0 Å². The van der Waals surface area contributed by atoms with Gasteiger partial charge in [0, 0.05) is 51.4 Å². The summed E-state index contributed by atoms with van der Waals surface area (Å²) in [5.41, 5.74) is 1.38. The zero-order valence-corrected chi connectivity index (χ0v) is 20.1. The first-order chi connectivity index (χ1) is 14.9. The van der Waals surface area contributed by atoms with E-state index in [1.807, 2.05) is 0 Å². The molecule has 1 aromatic rings. The number of likely N-dealkylation sites (tertiary alicyclic amines) is 1. The van der Waals surface area contributed by atoms with Crippen molar-refractivity contribution in [1.29, 1.82) is 0 Å². The van der Waals surface area contributed by atoms with Gasteiger partial charge in [0.1, 0.15) is 0 Å². The number of piperidine rings is 2. The van der Waals surface area contributed by atoms with Crippen molar-refractivity contribution in [2.24, 2.45) is 10.9 Å². The molecule has 7 nitrogen and oxygen atoms in total. The number of aliphatic imine (C=N–C) groups is 1. The van der Waals surface area contributed by atoms with E-state index in [9.17, 15) is 8.42 Å². The summed E-state index contributed by atoms with van der Waals surface area (Å²) < 4.78 is 25.0. The van der Waals surface area contributed by atoms with Gasteiger partial charge in [-0.05, 0) is 51.0 Å². The normalized spacial score (nSPS) is 21.7. The van der Waals surface area contributed by atoms with E-state index < -0.39 is 10.0 Å². The van der Waals surface area contributed by atoms with Gasteiger partial charge in [0.25, 0.3) is 0 Å². The number of guanidine groups is 1. The molecule has 0 radical (unpaired) electrons. The lowest BCUT2D eigenvalue weighted by atomic mass is 9.98. The monoisotopic (exact) mass is 449 g/mol. The first-order valence-corrected chi connectivity index (χ1v) is 13.5. The van der Waals surface area contributed by atoms with Gasteiger partial charge in [0.15, 0.2) is 5.96 Å². The molecule has 1 unspecified atom stereocenters. The van der Waals surface area contributed by atoms with Crippen molar-refractivity contribution in [3.63, 3.8) is 0 Å². The minimum absolute atomic E-state index is 0.434. The van der Waals surface area contributed by atoms with Crippen LogP contribution < -0.4 is 10.6 Å². The third-order valence-corrected chi connectivity index (χ3v) is 7.90. The average Bonchev–Trinajstić information content (AvgIpc) is 2.78. The van der Waals surface area contributed by atoms with Crippen molar-refractivity contribution in [3.8, 4) is 0 Å². The quantitative estimate of drug-likeness (QED) is 0.494. The Balaban J connectivity index is 1.46. The van der Waals surface area contributed by atoms with Gasteiger partial charge in [-0.2, -0.15) is 0 Å². The third kappa shape index (κ3) is 7.19. The molecule has 31 heavy (non-hydrogen) atoms. The fraction of sp³-hybridized carbons (Fsp3) is 0.696. The van der Waals surface area contributed by atoms with Crippen LogP contribution in [0.1, 0.15) is 51.1 Å². The van der Waals surface area contributed by atoms with Crippen LogP contribution in [0.4, 0.5) is 0 Å². The molecule has 2 aliphatic heterocycles. The summed E-state index contributed by atoms with van der Waals surface area (Å²) in [6.45, 7) is 9.35. The van der Waals surface area contributed by atoms with E-state index >= 15 is 0 Å². The van der Waals surface area contributed by atoms with Crippen LogP contribution in [0.2, 0.25) is 0 Å². The first kappa shape index (κ1) is 24.0. The van der Waals surface area contributed by atoms with Crippen molar-refractivity contribution in [3.05, 3.63) is 35.9 Å². The second kappa shape index (κ2) is 11.3. The molecule has 1 aromatic carbocycles. The smallest absolute Gasteiger partial charge is 0.211 e. The van der Waals surface area contributed by atoms with Gasteiger partial charge < -0.3 is 10.6 Å². The number of sulfonamides is 1. The van der Waals surface area contributed by atoms with Crippen LogP contribution in [-0.4, -0.2) is 75.1 Å². The summed E-state index contributed by atoms with van der Waals surface area (Å²) in [5.74, 6) is 1.34. The van der Waals surface area contributed by atoms with Crippen molar-refractivity contribution < 1.29 is 8.42 Å². The van der Waals surface area contributed by atoms with E-state index in [0.717, 1.165) is 57.8 Å². The van der Waals surface area contributed by atoms with Crippen LogP contribution in [0, 0.1) is 5.92 Å². The van der Waals surface area contributed by atoms with Crippen LogP contribution >= 0.6 is 0 Å². The van der Waals surface area contributed by atoms with Gasteiger partial charge >= 0.3 is 0 Å². The van der Waals surface area contributed by atoms with E-state index in [0.29, 0.717) is 31.1 Å². The number of hydrogen-bond donors (Lipinski definition) is 2. The molecule has 2 fully saturated rings. The number of benzene rings is 1. The lowest BCUT2D eigenvalue weighted by Crippen LogP contribution is -2.49. The molecule has 174 valence electrons. The maximum Gasteiger partial charge on any atom is 0.211 e. The largest absolute Gasteiger partial charge is 0.357 e. The standard InChI is InChI=1S/C23H39N5O2S/c1-4-24-23(25-18-20-10-16-28(17-11-20)31(3,29)30)26-22-12-14-27(15-13-22)19(2)21-8-6-5-7-9-21/h5-9,19-20,22H,4,10-18H2,1-3H3,(H2,24,25,26). The predicted molar refractivity (Wildman–Crippen MR) is 128 cm³/mol. The summed E-state index contributed by atoms with van der Waals surface area (Å²) >= 11 is 0. The van der Waals surface area contributed by atoms with Gasteiger partial charge in [-0.25, -0.2) is 12.7 Å². The summed E-state index contributed by atoms with van der Waals surface area (Å²) in [6.07, 6.45) is 5.27. The number of nitrogens with zero attached hydrogens (tertiary/aromatic N) is 3. The molecule has 8 heteroatoms. The summed E-state index contributed by atoms with van der Waals surface area (Å²) in [6, 6.07) is 11.6. The van der Waals surface area contributed by atoms with Gasteiger partial charge in [-0.15, -0.1) is 0 Å². The van der Waals surface area contributed by atoms with Crippen LogP contribution in [0.15, 0.2) is 35.3 Å². The zero-order valence-electron chi connectivity index (χ0n) is 19.3. The van der Waals surface area contributed by atoms with Gasteiger partial charge in [0.05, 0.1) is 6.26 Å². The second-order valence-corrected chi connectivity index (χ2v) is 10.8. The Morgan fingerprint density at radius 1 is 1.10 bits per heavy atom. The minimum Gasteiger partial charge on any atom is -0.357 e. The minimum atomic E-state index is -3.07. The van der Waals surface area contributed by atoms with Crippen LogP contribution in [0.3, 0.4) is 0 Å². The van der Waals surface area contributed by atoms with Crippen LogP contribution in [-0.2, 0) is 10.0 Å². The molecule has 2 aliphatic rings. The maximum atomic E-state index is 11.7. The molecular weight excluding hydrogens is 410 g/mol. The SMILES string of the molecule is CCNC(=NCC1CCN(S(C)(=O)=O)CC1)NC1CCN(C(C)c2ccccc2)CC1. The van der Waals surface area contributed by atoms with E-state index in [2.05, 4.69) is 59.7 Å². The Morgan fingerprint density at radius 3 is 2.32 bits per heavy atom. The Hall–Kier alpha value is -1.64. The molecule has 1 atom stereocenters. The Kier molecular flexibility index (Phi) is 8.75. The zero-order chi connectivity index (χ0) is 22.3. The molecule has 0 aromatic heterocycles. The molecule has 0 aliphatic carbocycles. The van der Waals surface area contributed by atoms with Gasteiger partial charge in [-0.1, -0.05) is 30.3 Å².